The summed E-state index contributed by atoms with van der Waals surface area (Å²) in [6.45, 7) is 9.58. The van der Waals surface area contributed by atoms with Crippen molar-refractivity contribution in [2.45, 2.75) is 58.0 Å². The van der Waals surface area contributed by atoms with Crippen molar-refractivity contribution in [3.8, 4) is 0 Å². The van der Waals surface area contributed by atoms with Crippen LogP contribution >= 0.6 is 0 Å². The maximum absolute atomic E-state index is 12.2. The molecule has 5 heteroatoms. The average Bonchev–Trinajstić information content (AvgIpc) is 2.41. The molecule has 0 fully saturated rings. The van der Waals surface area contributed by atoms with Crippen molar-refractivity contribution in [1.82, 2.24) is 10.0 Å². The van der Waals surface area contributed by atoms with E-state index in [0.717, 1.165) is 18.4 Å². The lowest BCUT2D eigenvalue weighted by molar-refractivity contribution is 0.539. The Bertz CT molecular complexity index is 525. The molecule has 0 atom stereocenters. The zero-order valence-electron chi connectivity index (χ0n) is 13.5. The Balaban J connectivity index is 2.63. The average molecular weight is 312 g/mol. The fourth-order valence-corrected chi connectivity index (χ4v) is 3.09. The highest BCUT2D eigenvalue weighted by molar-refractivity contribution is 7.89. The number of sulfonamides is 1. The lowest BCUT2D eigenvalue weighted by atomic mass is 10.1. The van der Waals surface area contributed by atoms with Gasteiger partial charge in [0.15, 0.2) is 0 Å². The highest BCUT2D eigenvalue weighted by Crippen LogP contribution is 2.12. The number of nitrogens with one attached hydrogen (secondary N) is 2. The first-order valence-corrected chi connectivity index (χ1v) is 9.11. The molecule has 1 aromatic carbocycles. The van der Waals surface area contributed by atoms with Gasteiger partial charge in [-0.05, 0) is 36.5 Å². The normalized spacial score (nSPS) is 12.3. The van der Waals surface area contributed by atoms with Crippen LogP contribution in [0.5, 0.6) is 0 Å². The predicted molar refractivity (Wildman–Crippen MR) is 87.7 cm³/mol. The Hall–Kier alpha value is -0.910. The second-order valence-electron chi connectivity index (χ2n) is 6.12. The van der Waals surface area contributed by atoms with Gasteiger partial charge >= 0.3 is 0 Å². The van der Waals surface area contributed by atoms with Gasteiger partial charge in [-0.25, -0.2) is 13.1 Å². The van der Waals surface area contributed by atoms with Crippen molar-refractivity contribution >= 4 is 10.0 Å². The lowest BCUT2D eigenvalue weighted by Crippen LogP contribution is -2.25. The SMILES string of the molecule is CC(C)CCCNS(=O)(=O)c1cccc(CNC(C)C)c1. The molecule has 21 heavy (non-hydrogen) atoms. The van der Waals surface area contributed by atoms with E-state index in [1.165, 1.54) is 0 Å². The number of rotatable bonds is 9. The van der Waals surface area contributed by atoms with Gasteiger partial charge in [0.1, 0.15) is 0 Å². The van der Waals surface area contributed by atoms with Gasteiger partial charge in [0.25, 0.3) is 0 Å². The van der Waals surface area contributed by atoms with Crippen molar-refractivity contribution in [3.05, 3.63) is 29.8 Å². The summed E-state index contributed by atoms with van der Waals surface area (Å²) in [5, 5.41) is 3.29. The number of benzene rings is 1. The van der Waals surface area contributed by atoms with Crippen LogP contribution in [0.15, 0.2) is 29.2 Å². The van der Waals surface area contributed by atoms with Crippen LogP contribution in [0.1, 0.15) is 46.1 Å². The van der Waals surface area contributed by atoms with Crippen LogP contribution < -0.4 is 10.0 Å². The third-order valence-electron chi connectivity index (χ3n) is 3.17. The summed E-state index contributed by atoms with van der Waals surface area (Å²) < 4.78 is 27.1. The minimum absolute atomic E-state index is 0.343. The third-order valence-corrected chi connectivity index (χ3v) is 4.63. The van der Waals surface area contributed by atoms with Crippen molar-refractivity contribution < 1.29 is 8.42 Å². The van der Waals surface area contributed by atoms with Gasteiger partial charge in [-0.2, -0.15) is 0 Å². The second-order valence-corrected chi connectivity index (χ2v) is 7.88. The number of hydrogen-bond acceptors (Lipinski definition) is 3. The minimum atomic E-state index is -3.40. The molecule has 0 aliphatic carbocycles. The summed E-state index contributed by atoms with van der Waals surface area (Å²) in [4.78, 5) is 0.343. The van der Waals surface area contributed by atoms with Gasteiger partial charge in [0, 0.05) is 19.1 Å². The molecule has 0 unspecified atom stereocenters. The van der Waals surface area contributed by atoms with Crippen LogP contribution in [-0.2, 0) is 16.6 Å². The van der Waals surface area contributed by atoms with Gasteiger partial charge in [-0.15, -0.1) is 0 Å². The third kappa shape index (κ3) is 7.07. The summed E-state index contributed by atoms with van der Waals surface area (Å²) in [6, 6.07) is 7.48. The van der Waals surface area contributed by atoms with Crippen LogP contribution in [0, 0.1) is 5.92 Å². The zero-order chi connectivity index (χ0) is 15.9. The molecule has 0 heterocycles. The van der Waals surface area contributed by atoms with E-state index in [0.29, 0.717) is 29.9 Å². The van der Waals surface area contributed by atoms with Crippen LogP contribution in [0.2, 0.25) is 0 Å². The summed E-state index contributed by atoms with van der Waals surface area (Å²) in [5.74, 6) is 0.597. The van der Waals surface area contributed by atoms with E-state index < -0.39 is 10.0 Å². The molecule has 0 saturated heterocycles. The van der Waals surface area contributed by atoms with Gasteiger partial charge < -0.3 is 5.32 Å². The molecule has 0 aromatic heterocycles. The molecule has 0 spiro atoms. The van der Waals surface area contributed by atoms with Gasteiger partial charge in [0.05, 0.1) is 4.90 Å². The van der Waals surface area contributed by atoms with Crippen LogP contribution in [0.4, 0.5) is 0 Å². The van der Waals surface area contributed by atoms with E-state index in [4.69, 9.17) is 0 Å². The molecule has 0 aliphatic heterocycles. The maximum Gasteiger partial charge on any atom is 0.240 e. The van der Waals surface area contributed by atoms with E-state index >= 15 is 0 Å². The Morgan fingerprint density at radius 1 is 1.14 bits per heavy atom. The lowest BCUT2D eigenvalue weighted by Gasteiger charge is -2.11. The molecule has 0 amide bonds. The van der Waals surface area contributed by atoms with Crippen molar-refractivity contribution in [1.29, 1.82) is 0 Å². The molecule has 1 aromatic rings. The topological polar surface area (TPSA) is 58.2 Å². The predicted octanol–water partition coefficient (Wildman–Crippen LogP) is 2.90. The first-order valence-electron chi connectivity index (χ1n) is 7.63. The van der Waals surface area contributed by atoms with Gasteiger partial charge in [0.2, 0.25) is 10.0 Å². The summed E-state index contributed by atoms with van der Waals surface area (Å²) in [6.07, 6.45) is 1.90. The van der Waals surface area contributed by atoms with Crippen LogP contribution in [0.3, 0.4) is 0 Å². The molecule has 1 rings (SSSR count). The summed E-state index contributed by atoms with van der Waals surface area (Å²) in [7, 11) is -3.40. The standard InChI is InChI=1S/C16H28N2O2S/c1-13(2)7-6-10-18-21(19,20)16-9-5-8-15(11-16)12-17-14(3)4/h5,8-9,11,13-14,17-18H,6-7,10,12H2,1-4H3. The molecular formula is C16H28N2O2S. The van der Waals surface area contributed by atoms with Gasteiger partial charge in [-0.3, -0.25) is 0 Å². The maximum atomic E-state index is 12.2. The summed E-state index contributed by atoms with van der Waals surface area (Å²) in [5.41, 5.74) is 0.980. The smallest absolute Gasteiger partial charge is 0.240 e. The first-order chi connectivity index (χ1) is 9.81. The van der Waals surface area contributed by atoms with Crippen LogP contribution in [0.25, 0.3) is 0 Å². The molecular weight excluding hydrogens is 284 g/mol. The quantitative estimate of drug-likeness (QED) is 0.689. The Labute approximate surface area is 129 Å². The zero-order valence-corrected chi connectivity index (χ0v) is 14.3. The molecule has 4 nitrogen and oxygen atoms in total. The highest BCUT2D eigenvalue weighted by atomic mass is 32.2. The van der Waals surface area contributed by atoms with E-state index in [9.17, 15) is 8.42 Å². The van der Waals surface area contributed by atoms with E-state index in [2.05, 4.69) is 37.7 Å². The molecule has 2 N–H and O–H groups in total. The molecule has 120 valence electrons. The molecule has 0 aliphatic rings. The molecule has 0 bridgehead atoms. The van der Waals surface area contributed by atoms with Crippen molar-refractivity contribution in [3.63, 3.8) is 0 Å². The Morgan fingerprint density at radius 2 is 1.86 bits per heavy atom. The fraction of sp³-hybridized carbons (Fsp3) is 0.625. The highest BCUT2D eigenvalue weighted by Gasteiger charge is 2.13. The second kappa shape index (κ2) is 8.51. The molecule has 0 saturated carbocycles. The largest absolute Gasteiger partial charge is 0.310 e. The Kier molecular flexibility index (Phi) is 7.35. The van der Waals surface area contributed by atoms with E-state index in [1.54, 1.807) is 18.2 Å². The number of hydrogen-bond donors (Lipinski definition) is 2. The van der Waals surface area contributed by atoms with E-state index in [1.807, 2.05) is 6.07 Å². The van der Waals surface area contributed by atoms with Crippen molar-refractivity contribution in [2.24, 2.45) is 5.92 Å². The summed E-state index contributed by atoms with van der Waals surface area (Å²) >= 11 is 0. The van der Waals surface area contributed by atoms with Crippen molar-refractivity contribution in [2.75, 3.05) is 6.54 Å². The first kappa shape index (κ1) is 18.1. The minimum Gasteiger partial charge on any atom is -0.310 e. The monoisotopic (exact) mass is 312 g/mol. The van der Waals surface area contributed by atoms with E-state index in [-0.39, 0.29) is 0 Å². The van der Waals surface area contributed by atoms with Crippen LogP contribution in [-0.4, -0.2) is 21.0 Å². The van der Waals surface area contributed by atoms with Gasteiger partial charge in [-0.1, -0.05) is 39.8 Å². The molecule has 0 radical (unpaired) electrons. The fourth-order valence-electron chi connectivity index (χ4n) is 1.94. The Morgan fingerprint density at radius 3 is 2.48 bits per heavy atom.